The van der Waals surface area contributed by atoms with Gasteiger partial charge < -0.3 is 15.7 Å². The number of hydrogen-bond donors (Lipinski definition) is 3. The number of rotatable bonds is 3. The first kappa shape index (κ1) is 15.0. The second-order valence-corrected chi connectivity index (χ2v) is 4.19. The molecule has 0 saturated heterocycles. The summed E-state index contributed by atoms with van der Waals surface area (Å²) in [6.45, 7) is 0. The first-order valence-electron chi connectivity index (χ1n) is 3.81. The molecular formula is C8H8O8S. The molecular weight excluding hydrogens is 256 g/mol. The molecule has 1 aromatic rings. The molecule has 0 aliphatic heterocycles. The SMILES string of the molecule is O.O=C(O)c1ccc(C(=O)O)c(S(=O)(=O)O)c1. The molecule has 0 amide bonds. The molecule has 0 saturated carbocycles. The van der Waals surface area contributed by atoms with Crippen molar-refractivity contribution in [1.82, 2.24) is 0 Å². The van der Waals surface area contributed by atoms with Crippen LogP contribution in [0.4, 0.5) is 0 Å². The second kappa shape index (κ2) is 4.91. The quantitative estimate of drug-likeness (QED) is 0.620. The molecule has 1 rings (SSSR count). The maximum absolute atomic E-state index is 10.8. The molecule has 1 aromatic carbocycles. The van der Waals surface area contributed by atoms with E-state index in [0.29, 0.717) is 6.07 Å². The Morgan fingerprint density at radius 3 is 1.94 bits per heavy atom. The summed E-state index contributed by atoms with van der Waals surface area (Å²) in [7, 11) is -4.78. The van der Waals surface area contributed by atoms with Crippen LogP contribution in [0.15, 0.2) is 23.1 Å². The van der Waals surface area contributed by atoms with E-state index in [4.69, 9.17) is 14.8 Å². The van der Waals surface area contributed by atoms with Crippen molar-refractivity contribution >= 4 is 22.1 Å². The van der Waals surface area contributed by atoms with Crippen LogP contribution in [0.3, 0.4) is 0 Å². The number of carbonyl (C=O) groups is 2. The fraction of sp³-hybridized carbons (Fsp3) is 0. The van der Waals surface area contributed by atoms with Crippen LogP contribution in [0.2, 0.25) is 0 Å². The van der Waals surface area contributed by atoms with Gasteiger partial charge in [-0.1, -0.05) is 0 Å². The smallest absolute Gasteiger partial charge is 0.337 e. The lowest BCUT2D eigenvalue weighted by molar-refractivity contribution is 0.0677. The summed E-state index contributed by atoms with van der Waals surface area (Å²) < 4.78 is 30.4. The molecule has 0 aliphatic rings. The van der Waals surface area contributed by atoms with Crippen LogP contribution in [0.5, 0.6) is 0 Å². The van der Waals surface area contributed by atoms with Crippen molar-refractivity contribution in [2.24, 2.45) is 0 Å². The zero-order valence-electron chi connectivity index (χ0n) is 8.11. The Balaban J connectivity index is 0.00000256. The van der Waals surface area contributed by atoms with E-state index < -0.39 is 38.1 Å². The van der Waals surface area contributed by atoms with Crippen molar-refractivity contribution in [3.05, 3.63) is 29.3 Å². The van der Waals surface area contributed by atoms with Crippen LogP contribution in [0.1, 0.15) is 20.7 Å². The number of aromatic carboxylic acids is 2. The van der Waals surface area contributed by atoms with Gasteiger partial charge in [-0.3, -0.25) is 4.55 Å². The summed E-state index contributed by atoms with van der Waals surface area (Å²) in [5.74, 6) is -3.01. The molecule has 94 valence electrons. The summed E-state index contributed by atoms with van der Waals surface area (Å²) in [5.41, 5.74) is -1.12. The van der Waals surface area contributed by atoms with Crippen molar-refractivity contribution in [1.29, 1.82) is 0 Å². The number of carboxylic acids is 2. The van der Waals surface area contributed by atoms with Gasteiger partial charge in [0.05, 0.1) is 11.1 Å². The first-order chi connectivity index (χ1) is 7.23. The van der Waals surface area contributed by atoms with E-state index in [1.807, 2.05) is 0 Å². The summed E-state index contributed by atoms with van der Waals surface area (Å²) in [4.78, 5) is 20.2. The van der Waals surface area contributed by atoms with Crippen LogP contribution in [-0.2, 0) is 10.1 Å². The molecule has 17 heavy (non-hydrogen) atoms. The average molecular weight is 264 g/mol. The molecule has 0 aromatic heterocycles. The summed E-state index contributed by atoms with van der Waals surface area (Å²) in [6, 6.07) is 2.32. The van der Waals surface area contributed by atoms with Gasteiger partial charge in [-0.2, -0.15) is 8.42 Å². The van der Waals surface area contributed by atoms with E-state index in [1.165, 1.54) is 0 Å². The van der Waals surface area contributed by atoms with Gasteiger partial charge in [-0.15, -0.1) is 0 Å². The van der Waals surface area contributed by atoms with Crippen molar-refractivity contribution in [2.75, 3.05) is 0 Å². The van der Waals surface area contributed by atoms with E-state index in [0.717, 1.165) is 12.1 Å². The third kappa shape index (κ3) is 3.24. The third-order valence-corrected chi connectivity index (χ3v) is 2.63. The summed E-state index contributed by atoms with van der Waals surface area (Å²) >= 11 is 0. The van der Waals surface area contributed by atoms with E-state index >= 15 is 0 Å². The number of carboxylic acid groups (broad SMARTS) is 2. The Hall–Kier alpha value is -1.97. The van der Waals surface area contributed by atoms with Gasteiger partial charge in [0.15, 0.2) is 0 Å². The normalized spacial score (nSPS) is 10.4. The van der Waals surface area contributed by atoms with Crippen molar-refractivity contribution in [3.8, 4) is 0 Å². The van der Waals surface area contributed by atoms with Gasteiger partial charge in [0.2, 0.25) is 0 Å². The van der Waals surface area contributed by atoms with E-state index in [2.05, 4.69) is 0 Å². The molecule has 0 fully saturated rings. The summed E-state index contributed by atoms with van der Waals surface area (Å²) in [6.07, 6.45) is 0. The largest absolute Gasteiger partial charge is 0.478 e. The highest BCUT2D eigenvalue weighted by atomic mass is 32.2. The van der Waals surface area contributed by atoms with Gasteiger partial charge >= 0.3 is 11.9 Å². The van der Waals surface area contributed by atoms with E-state index in [9.17, 15) is 18.0 Å². The Labute approximate surface area is 95.2 Å². The fourth-order valence-electron chi connectivity index (χ4n) is 1.05. The lowest BCUT2D eigenvalue weighted by Gasteiger charge is -2.03. The Kier molecular flexibility index (Phi) is 4.34. The minimum atomic E-state index is -4.78. The first-order valence-corrected chi connectivity index (χ1v) is 5.25. The highest BCUT2D eigenvalue weighted by molar-refractivity contribution is 7.86. The Morgan fingerprint density at radius 2 is 1.59 bits per heavy atom. The molecule has 5 N–H and O–H groups in total. The van der Waals surface area contributed by atoms with Crippen molar-refractivity contribution in [2.45, 2.75) is 4.90 Å². The van der Waals surface area contributed by atoms with Gasteiger partial charge in [-0.25, -0.2) is 9.59 Å². The van der Waals surface area contributed by atoms with Crippen molar-refractivity contribution < 1.29 is 38.2 Å². The maximum atomic E-state index is 10.8. The van der Waals surface area contributed by atoms with Gasteiger partial charge in [-0.05, 0) is 18.2 Å². The molecule has 8 nitrogen and oxygen atoms in total. The fourth-order valence-corrected chi connectivity index (χ4v) is 1.75. The molecule has 9 heteroatoms. The van der Waals surface area contributed by atoms with Crippen LogP contribution in [0.25, 0.3) is 0 Å². The lowest BCUT2D eigenvalue weighted by Crippen LogP contribution is -2.10. The second-order valence-electron chi connectivity index (χ2n) is 2.80. The van der Waals surface area contributed by atoms with Crippen LogP contribution in [-0.4, -0.2) is 40.6 Å². The van der Waals surface area contributed by atoms with Crippen LogP contribution < -0.4 is 0 Å². The minimum absolute atomic E-state index is 0. The number of benzene rings is 1. The van der Waals surface area contributed by atoms with Crippen LogP contribution >= 0.6 is 0 Å². The maximum Gasteiger partial charge on any atom is 0.337 e. The molecule has 0 bridgehead atoms. The molecule has 0 unspecified atom stereocenters. The van der Waals surface area contributed by atoms with Gasteiger partial charge in [0.1, 0.15) is 4.90 Å². The van der Waals surface area contributed by atoms with Gasteiger partial charge in [0.25, 0.3) is 10.1 Å². The molecule has 0 heterocycles. The summed E-state index contributed by atoms with van der Waals surface area (Å²) in [5, 5.41) is 17.2. The van der Waals surface area contributed by atoms with Crippen molar-refractivity contribution in [3.63, 3.8) is 0 Å². The molecule has 0 spiro atoms. The molecule has 0 radical (unpaired) electrons. The molecule has 0 aliphatic carbocycles. The van der Waals surface area contributed by atoms with Gasteiger partial charge in [0, 0.05) is 0 Å². The predicted octanol–water partition coefficient (Wildman–Crippen LogP) is -0.495. The highest BCUT2D eigenvalue weighted by Gasteiger charge is 2.21. The van der Waals surface area contributed by atoms with E-state index in [1.54, 1.807) is 0 Å². The predicted molar refractivity (Wildman–Crippen MR) is 53.8 cm³/mol. The lowest BCUT2D eigenvalue weighted by atomic mass is 10.1. The minimum Gasteiger partial charge on any atom is -0.478 e. The average Bonchev–Trinajstić information content (AvgIpc) is 2.15. The zero-order chi connectivity index (χ0) is 12.5. The number of hydrogen-bond acceptors (Lipinski definition) is 4. The molecule has 0 atom stereocenters. The van der Waals surface area contributed by atoms with Crippen LogP contribution in [0, 0.1) is 0 Å². The Bertz CT molecular complexity index is 559. The third-order valence-electron chi connectivity index (χ3n) is 1.74. The highest BCUT2D eigenvalue weighted by Crippen LogP contribution is 2.17. The monoisotopic (exact) mass is 264 g/mol. The standard InChI is InChI=1S/C8H6O7S.H2O/c9-7(10)4-1-2-5(8(11)12)6(3-4)16(13,14)15;/h1-3H,(H,9,10)(H,11,12)(H,13,14,15);1H2. The zero-order valence-corrected chi connectivity index (χ0v) is 8.93. The Morgan fingerprint density at radius 1 is 1.06 bits per heavy atom. The van der Waals surface area contributed by atoms with E-state index in [-0.39, 0.29) is 5.48 Å². The topological polar surface area (TPSA) is 160 Å².